The molecular weight excluding hydrogens is 428 g/mol. The topological polar surface area (TPSA) is 76.8 Å². The van der Waals surface area contributed by atoms with E-state index in [1.54, 1.807) is 16.0 Å². The highest BCUT2D eigenvalue weighted by Gasteiger charge is 2.27. The fourth-order valence-corrected chi connectivity index (χ4v) is 5.79. The van der Waals surface area contributed by atoms with Crippen molar-refractivity contribution in [2.24, 2.45) is 0 Å². The summed E-state index contributed by atoms with van der Waals surface area (Å²) in [6, 6.07) is 16.2. The van der Waals surface area contributed by atoms with E-state index in [1.165, 1.54) is 16.5 Å². The van der Waals surface area contributed by atoms with Gasteiger partial charge in [-0.2, -0.15) is 4.68 Å². The predicted octanol–water partition coefficient (Wildman–Crippen LogP) is 4.08. The van der Waals surface area contributed by atoms with Crippen molar-refractivity contribution in [2.75, 3.05) is 18.8 Å². The molecule has 1 aliphatic rings. The van der Waals surface area contributed by atoms with Crippen LogP contribution >= 0.6 is 23.1 Å². The molecule has 5 rings (SSSR count). The molecule has 0 N–H and O–H groups in total. The van der Waals surface area contributed by atoms with Gasteiger partial charge in [0, 0.05) is 19.0 Å². The Bertz CT molecular complexity index is 1190. The lowest BCUT2D eigenvalue weighted by Gasteiger charge is -2.31. The molecule has 1 atom stereocenters. The van der Waals surface area contributed by atoms with Crippen LogP contribution in [0.15, 0.2) is 53.7 Å². The van der Waals surface area contributed by atoms with Crippen LogP contribution in [0.1, 0.15) is 29.3 Å². The number of likely N-dealkylation sites (tertiary alicyclic amines) is 1. The van der Waals surface area contributed by atoms with Crippen LogP contribution in [0.2, 0.25) is 0 Å². The molecule has 1 saturated heterocycles. The number of rotatable bonds is 5. The van der Waals surface area contributed by atoms with E-state index in [0.29, 0.717) is 16.8 Å². The first-order valence-corrected chi connectivity index (χ1v) is 12.1. The maximum absolute atomic E-state index is 13.0. The fraction of sp³-hybridized carbons (Fsp3) is 0.318. The molecule has 0 aliphatic carbocycles. The summed E-state index contributed by atoms with van der Waals surface area (Å²) in [5.74, 6) is 0.742. The summed E-state index contributed by atoms with van der Waals surface area (Å²) < 4.78 is 2.91. The molecule has 0 saturated carbocycles. The highest BCUT2D eigenvalue weighted by atomic mass is 32.2. The van der Waals surface area contributed by atoms with Gasteiger partial charge in [-0.3, -0.25) is 4.79 Å². The smallest absolute Gasteiger partial charge is 0.233 e. The van der Waals surface area contributed by atoms with Crippen LogP contribution < -0.4 is 0 Å². The van der Waals surface area contributed by atoms with E-state index in [-0.39, 0.29) is 5.91 Å². The lowest BCUT2D eigenvalue weighted by Crippen LogP contribution is -2.40. The molecule has 158 valence electrons. The zero-order valence-electron chi connectivity index (χ0n) is 17.1. The zero-order valence-corrected chi connectivity index (χ0v) is 18.8. The zero-order chi connectivity index (χ0) is 21.2. The molecule has 0 bridgehead atoms. The number of para-hydroxylation sites is 2. The molecule has 9 heteroatoms. The van der Waals surface area contributed by atoms with E-state index in [0.717, 1.165) is 47.7 Å². The number of amides is 1. The number of nitrogens with zero attached hydrogens (tertiary/aromatic N) is 6. The minimum Gasteiger partial charge on any atom is -0.341 e. The van der Waals surface area contributed by atoms with Gasteiger partial charge < -0.3 is 4.90 Å². The third-order valence-electron chi connectivity index (χ3n) is 5.54. The van der Waals surface area contributed by atoms with Crippen LogP contribution in [0.5, 0.6) is 0 Å². The third-order valence-corrected chi connectivity index (χ3v) is 7.65. The van der Waals surface area contributed by atoms with Gasteiger partial charge in [0.15, 0.2) is 0 Å². The Balaban J connectivity index is 1.25. The largest absolute Gasteiger partial charge is 0.341 e. The van der Waals surface area contributed by atoms with Crippen molar-refractivity contribution in [2.45, 2.75) is 30.8 Å². The average molecular weight is 451 g/mol. The molecule has 1 aliphatic heterocycles. The Labute approximate surface area is 188 Å². The quantitative estimate of drug-likeness (QED) is 0.427. The van der Waals surface area contributed by atoms with Crippen LogP contribution in [0.25, 0.3) is 15.9 Å². The number of piperidine rings is 1. The summed E-state index contributed by atoms with van der Waals surface area (Å²) in [6.45, 7) is 3.54. The molecule has 2 aromatic heterocycles. The first-order valence-electron chi connectivity index (χ1n) is 10.3. The molecule has 0 radical (unpaired) electrons. The molecule has 4 aromatic rings. The first kappa shape index (κ1) is 20.1. The number of benzene rings is 2. The summed E-state index contributed by atoms with van der Waals surface area (Å²) in [4.78, 5) is 19.8. The minimum atomic E-state index is 0.121. The number of hydrogen-bond acceptors (Lipinski definition) is 7. The standard InChI is InChI=1S/C22H22N6OS2/c1-15-7-2-4-10-18(15)28-22(24-25-26-28)30-14-20(29)27-12-6-8-16(13-27)21-23-17-9-3-5-11-19(17)31-21/h2-5,7,9-11,16H,6,8,12-14H2,1H3. The van der Waals surface area contributed by atoms with Crippen LogP contribution in [0.4, 0.5) is 0 Å². The van der Waals surface area contributed by atoms with E-state index in [2.05, 4.69) is 27.7 Å². The van der Waals surface area contributed by atoms with Crippen molar-refractivity contribution in [3.05, 3.63) is 59.1 Å². The minimum absolute atomic E-state index is 0.121. The van der Waals surface area contributed by atoms with Crippen molar-refractivity contribution in [1.82, 2.24) is 30.1 Å². The van der Waals surface area contributed by atoms with Gasteiger partial charge >= 0.3 is 0 Å². The first-order chi connectivity index (χ1) is 15.2. The second-order valence-corrected chi connectivity index (χ2v) is 9.65. The number of fused-ring (bicyclic) bond motifs is 1. The molecule has 31 heavy (non-hydrogen) atoms. The number of aromatic nitrogens is 5. The van der Waals surface area contributed by atoms with Crippen LogP contribution in [-0.4, -0.2) is 54.8 Å². The Morgan fingerprint density at radius 1 is 1.19 bits per heavy atom. The molecule has 1 fully saturated rings. The number of carbonyl (C=O) groups is 1. The number of carbonyl (C=O) groups excluding carboxylic acids is 1. The van der Waals surface area contributed by atoms with Crippen molar-refractivity contribution in [3.8, 4) is 5.69 Å². The molecule has 2 aromatic carbocycles. The normalized spacial score (nSPS) is 16.7. The van der Waals surface area contributed by atoms with Gasteiger partial charge in [-0.15, -0.1) is 16.4 Å². The van der Waals surface area contributed by atoms with Crippen LogP contribution in [-0.2, 0) is 4.79 Å². The van der Waals surface area contributed by atoms with Gasteiger partial charge in [0.05, 0.1) is 26.7 Å². The summed E-state index contributed by atoms with van der Waals surface area (Å²) in [7, 11) is 0. The maximum atomic E-state index is 13.0. The predicted molar refractivity (Wildman–Crippen MR) is 123 cm³/mol. The summed E-state index contributed by atoms with van der Waals surface area (Å²) in [5.41, 5.74) is 3.05. The van der Waals surface area contributed by atoms with E-state index >= 15 is 0 Å². The number of hydrogen-bond donors (Lipinski definition) is 0. The maximum Gasteiger partial charge on any atom is 0.233 e. The number of thiazole rings is 1. The molecule has 1 unspecified atom stereocenters. The van der Waals surface area contributed by atoms with E-state index in [4.69, 9.17) is 4.98 Å². The average Bonchev–Trinajstić information content (AvgIpc) is 3.45. The van der Waals surface area contributed by atoms with E-state index < -0.39 is 0 Å². The fourth-order valence-electron chi connectivity index (χ4n) is 3.91. The summed E-state index contributed by atoms with van der Waals surface area (Å²) in [6.07, 6.45) is 2.07. The van der Waals surface area contributed by atoms with E-state index in [1.807, 2.05) is 48.2 Å². The van der Waals surface area contributed by atoms with Gasteiger partial charge in [0.1, 0.15) is 0 Å². The Hall–Kier alpha value is -2.78. The lowest BCUT2D eigenvalue weighted by atomic mass is 9.99. The SMILES string of the molecule is Cc1ccccc1-n1nnnc1SCC(=O)N1CCCC(c2nc3ccccc3s2)C1. The van der Waals surface area contributed by atoms with Crippen LogP contribution in [0, 0.1) is 6.92 Å². The number of thioether (sulfide) groups is 1. The molecule has 3 heterocycles. The molecule has 1 amide bonds. The second kappa shape index (κ2) is 8.76. The Kier molecular flexibility index (Phi) is 5.69. The molecule has 7 nitrogen and oxygen atoms in total. The van der Waals surface area contributed by atoms with Crippen molar-refractivity contribution >= 4 is 39.2 Å². The van der Waals surface area contributed by atoms with Gasteiger partial charge in [-0.25, -0.2) is 4.98 Å². The molecule has 0 spiro atoms. The second-order valence-electron chi connectivity index (χ2n) is 7.65. The van der Waals surface area contributed by atoms with Gasteiger partial charge in [-0.05, 0) is 54.0 Å². The van der Waals surface area contributed by atoms with Gasteiger partial charge in [-0.1, -0.05) is 42.1 Å². The molecular formula is C22H22N6OS2. The third kappa shape index (κ3) is 4.20. The summed E-state index contributed by atoms with van der Waals surface area (Å²) in [5, 5.41) is 13.8. The number of aryl methyl sites for hydroxylation is 1. The Morgan fingerprint density at radius 3 is 2.90 bits per heavy atom. The van der Waals surface area contributed by atoms with Crippen molar-refractivity contribution < 1.29 is 4.79 Å². The van der Waals surface area contributed by atoms with E-state index in [9.17, 15) is 4.79 Å². The van der Waals surface area contributed by atoms with Crippen LogP contribution in [0.3, 0.4) is 0 Å². The number of tetrazole rings is 1. The van der Waals surface area contributed by atoms with Gasteiger partial charge in [0.25, 0.3) is 0 Å². The Morgan fingerprint density at radius 2 is 2.03 bits per heavy atom. The summed E-state index contributed by atoms with van der Waals surface area (Å²) >= 11 is 3.13. The van der Waals surface area contributed by atoms with Gasteiger partial charge in [0.2, 0.25) is 11.1 Å². The highest BCUT2D eigenvalue weighted by Crippen LogP contribution is 2.33. The van der Waals surface area contributed by atoms with Crippen molar-refractivity contribution in [1.29, 1.82) is 0 Å². The van der Waals surface area contributed by atoms with Crippen molar-refractivity contribution in [3.63, 3.8) is 0 Å². The lowest BCUT2D eigenvalue weighted by molar-refractivity contribution is -0.129. The highest BCUT2D eigenvalue weighted by molar-refractivity contribution is 7.99. The monoisotopic (exact) mass is 450 g/mol.